The topological polar surface area (TPSA) is 56.1 Å². The molecule has 6 heteroatoms. The number of aromatic nitrogens is 2. The molecule has 0 saturated carbocycles. The molecule has 1 aliphatic rings. The monoisotopic (exact) mass is 323 g/mol. The molecule has 5 nitrogen and oxygen atoms in total. The molecule has 1 aliphatic heterocycles. The standard InChI is InChI=1S/C13H14BrN3O2/c14-9-7-12-11(15-8-9)1-4-17(12)13(18)16-10-2-5-19-6-3-10/h1,4,7-8,10H,2-3,5-6H2,(H,16,18). The highest BCUT2D eigenvalue weighted by atomic mass is 79.9. The predicted octanol–water partition coefficient (Wildman–Crippen LogP) is 2.54. The van der Waals surface area contributed by atoms with Crippen molar-refractivity contribution in [1.29, 1.82) is 0 Å². The van der Waals surface area contributed by atoms with E-state index in [1.54, 1.807) is 17.0 Å². The number of halogens is 1. The van der Waals surface area contributed by atoms with E-state index < -0.39 is 0 Å². The molecular formula is C13H14BrN3O2. The van der Waals surface area contributed by atoms with Crippen LogP contribution in [0.2, 0.25) is 0 Å². The van der Waals surface area contributed by atoms with E-state index in [0.29, 0.717) is 13.2 Å². The van der Waals surface area contributed by atoms with Gasteiger partial charge in [-0.05, 0) is 40.9 Å². The summed E-state index contributed by atoms with van der Waals surface area (Å²) < 4.78 is 7.74. The average Bonchev–Trinajstić information content (AvgIpc) is 2.82. The van der Waals surface area contributed by atoms with E-state index in [4.69, 9.17) is 4.74 Å². The summed E-state index contributed by atoms with van der Waals surface area (Å²) >= 11 is 3.37. The van der Waals surface area contributed by atoms with E-state index >= 15 is 0 Å². The number of carbonyl (C=O) groups excluding carboxylic acids is 1. The Morgan fingerprint density at radius 2 is 2.26 bits per heavy atom. The van der Waals surface area contributed by atoms with Crippen LogP contribution in [0.25, 0.3) is 11.0 Å². The Morgan fingerprint density at radius 3 is 3.05 bits per heavy atom. The van der Waals surface area contributed by atoms with Crippen LogP contribution in [-0.2, 0) is 4.74 Å². The lowest BCUT2D eigenvalue weighted by molar-refractivity contribution is 0.0802. The van der Waals surface area contributed by atoms with Crippen molar-refractivity contribution in [2.75, 3.05) is 13.2 Å². The predicted molar refractivity (Wildman–Crippen MR) is 75.2 cm³/mol. The Morgan fingerprint density at radius 1 is 1.47 bits per heavy atom. The molecule has 1 saturated heterocycles. The van der Waals surface area contributed by atoms with Crippen molar-refractivity contribution in [3.63, 3.8) is 0 Å². The molecule has 2 aromatic heterocycles. The molecule has 1 N–H and O–H groups in total. The van der Waals surface area contributed by atoms with Crippen LogP contribution in [0, 0.1) is 0 Å². The zero-order valence-electron chi connectivity index (χ0n) is 10.3. The second-order valence-electron chi connectivity index (χ2n) is 4.58. The van der Waals surface area contributed by atoms with Gasteiger partial charge in [-0.15, -0.1) is 0 Å². The fourth-order valence-corrected chi connectivity index (χ4v) is 2.57. The zero-order chi connectivity index (χ0) is 13.2. The molecule has 2 aromatic rings. The van der Waals surface area contributed by atoms with Gasteiger partial charge in [-0.3, -0.25) is 9.55 Å². The van der Waals surface area contributed by atoms with E-state index in [-0.39, 0.29) is 12.1 Å². The number of hydrogen-bond acceptors (Lipinski definition) is 3. The Labute approximate surface area is 119 Å². The number of ether oxygens (including phenoxy) is 1. The quantitative estimate of drug-likeness (QED) is 0.877. The molecule has 0 aliphatic carbocycles. The summed E-state index contributed by atoms with van der Waals surface area (Å²) in [5.74, 6) is 0. The van der Waals surface area contributed by atoms with Crippen molar-refractivity contribution in [2.45, 2.75) is 18.9 Å². The van der Waals surface area contributed by atoms with Gasteiger partial charge in [0.2, 0.25) is 0 Å². The van der Waals surface area contributed by atoms with Crippen molar-refractivity contribution in [2.24, 2.45) is 0 Å². The fraction of sp³-hybridized carbons (Fsp3) is 0.385. The van der Waals surface area contributed by atoms with E-state index in [1.165, 1.54) is 0 Å². The molecule has 19 heavy (non-hydrogen) atoms. The number of carbonyl (C=O) groups is 1. The van der Waals surface area contributed by atoms with Gasteiger partial charge in [0, 0.05) is 36.1 Å². The minimum absolute atomic E-state index is 0.109. The van der Waals surface area contributed by atoms with E-state index in [0.717, 1.165) is 28.3 Å². The number of nitrogens with zero attached hydrogens (tertiary/aromatic N) is 2. The molecule has 0 aromatic carbocycles. The maximum Gasteiger partial charge on any atom is 0.326 e. The number of hydrogen-bond donors (Lipinski definition) is 1. The first-order valence-corrected chi connectivity index (χ1v) is 7.04. The lowest BCUT2D eigenvalue weighted by Crippen LogP contribution is -2.40. The van der Waals surface area contributed by atoms with Crippen molar-refractivity contribution in [1.82, 2.24) is 14.9 Å². The molecule has 1 amide bonds. The number of nitrogens with one attached hydrogen (secondary N) is 1. The normalized spacial score (nSPS) is 16.7. The summed E-state index contributed by atoms with van der Waals surface area (Å²) in [5, 5.41) is 3.03. The number of fused-ring (bicyclic) bond motifs is 1. The summed E-state index contributed by atoms with van der Waals surface area (Å²) in [6.45, 7) is 1.43. The number of amides is 1. The largest absolute Gasteiger partial charge is 0.381 e. The Hall–Kier alpha value is -1.40. The van der Waals surface area contributed by atoms with Crippen molar-refractivity contribution in [3.05, 3.63) is 29.0 Å². The van der Waals surface area contributed by atoms with Gasteiger partial charge in [0.25, 0.3) is 0 Å². The van der Waals surface area contributed by atoms with E-state index in [2.05, 4.69) is 26.2 Å². The van der Waals surface area contributed by atoms with Gasteiger partial charge in [0.15, 0.2) is 0 Å². The maximum atomic E-state index is 12.3. The molecule has 3 heterocycles. The van der Waals surface area contributed by atoms with Crippen molar-refractivity contribution < 1.29 is 9.53 Å². The van der Waals surface area contributed by atoms with Gasteiger partial charge in [-0.2, -0.15) is 0 Å². The Balaban J connectivity index is 1.82. The average molecular weight is 324 g/mol. The summed E-state index contributed by atoms with van der Waals surface area (Å²) in [5.41, 5.74) is 1.62. The van der Waals surface area contributed by atoms with Gasteiger partial charge in [-0.1, -0.05) is 0 Å². The molecule has 0 bridgehead atoms. The number of pyridine rings is 1. The van der Waals surface area contributed by atoms with Crippen LogP contribution in [0.5, 0.6) is 0 Å². The molecule has 100 valence electrons. The van der Waals surface area contributed by atoms with Crippen LogP contribution in [0.4, 0.5) is 4.79 Å². The third-order valence-corrected chi connectivity index (χ3v) is 3.71. The first-order chi connectivity index (χ1) is 9.24. The molecule has 1 fully saturated rings. The van der Waals surface area contributed by atoms with Crippen LogP contribution in [0.3, 0.4) is 0 Å². The lowest BCUT2D eigenvalue weighted by Gasteiger charge is -2.23. The van der Waals surface area contributed by atoms with Crippen LogP contribution in [0.1, 0.15) is 12.8 Å². The molecule has 0 spiro atoms. The van der Waals surface area contributed by atoms with Crippen LogP contribution in [-0.4, -0.2) is 34.8 Å². The lowest BCUT2D eigenvalue weighted by atomic mass is 10.1. The summed E-state index contributed by atoms with van der Waals surface area (Å²) in [6.07, 6.45) is 5.21. The second-order valence-corrected chi connectivity index (χ2v) is 5.50. The smallest absolute Gasteiger partial charge is 0.326 e. The zero-order valence-corrected chi connectivity index (χ0v) is 11.9. The SMILES string of the molecule is O=C(NC1CCOCC1)n1ccc2ncc(Br)cc21. The Kier molecular flexibility index (Phi) is 3.52. The second kappa shape index (κ2) is 5.30. The highest BCUT2D eigenvalue weighted by Gasteiger charge is 2.18. The van der Waals surface area contributed by atoms with Gasteiger partial charge in [-0.25, -0.2) is 4.79 Å². The van der Waals surface area contributed by atoms with Gasteiger partial charge < -0.3 is 10.1 Å². The molecular weight excluding hydrogens is 310 g/mol. The summed E-state index contributed by atoms with van der Waals surface area (Å²) in [4.78, 5) is 16.5. The first-order valence-electron chi connectivity index (χ1n) is 6.25. The third-order valence-electron chi connectivity index (χ3n) is 3.27. The first kappa shape index (κ1) is 12.6. The molecule has 0 atom stereocenters. The molecule has 3 rings (SSSR count). The minimum Gasteiger partial charge on any atom is -0.381 e. The summed E-state index contributed by atoms with van der Waals surface area (Å²) in [7, 11) is 0. The minimum atomic E-state index is -0.109. The van der Waals surface area contributed by atoms with Gasteiger partial charge in [0.05, 0.1) is 11.0 Å². The van der Waals surface area contributed by atoms with Crippen LogP contribution in [0.15, 0.2) is 29.0 Å². The van der Waals surface area contributed by atoms with Gasteiger partial charge >= 0.3 is 6.03 Å². The summed E-state index contributed by atoms with van der Waals surface area (Å²) in [6, 6.07) is 3.82. The van der Waals surface area contributed by atoms with Gasteiger partial charge in [0.1, 0.15) is 0 Å². The van der Waals surface area contributed by atoms with Crippen LogP contribution >= 0.6 is 15.9 Å². The molecule has 0 radical (unpaired) electrons. The van der Waals surface area contributed by atoms with E-state index in [1.807, 2.05) is 12.1 Å². The highest BCUT2D eigenvalue weighted by Crippen LogP contribution is 2.18. The highest BCUT2D eigenvalue weighted by molar-refractivity contribution is 9.10. The third kappa shape index (κ3) is 2.64. The molecule has 0 unspecified atom stereocenters. The van der Waals surface area contributed by atoms with E-state index in [9.17, 15) is 4.79 Å². The maximum absolute atomic E-state index is 12.3. The van der Waals surface area contributed by atoms with Crippen molar-refractivity contribution in [3.8, 4) is 0 Å². The fourth-order valence-electron chi connectivity index (χ4n) is 2.25. The van der Waals surface area contributed by atoms with Crippen LogP contribution < -0.4 is 5.32 Å². The van der Waals surface area contributed by atoms with Crippen molar-refractivity contribution >= 4 is 33.0 Å². The number of rotatable bonds is 1. The Bertz CT molecular complexity index is 605.